The quantitative estimate of drug-likeness (QED) is 0.651. The van der Waals surface area contributed by atoms with Crippen LogP contribution in [0.5, 0.6) is 0 Å². The van der Waals surface area contributed by atoms with Crippen molar-refractivity contribution in [3.63, 3.8) is 0 Å². The van der Waals surface area contributed by atoms with Crippen LogP contribution < -0.4 is 5.32 Å². The fourth-order valence-electron chi connectivity index (χ4n) is 1.54. The zero-order valence-electron chi connectivity index (χ0n) is 10.4. The van der Waals surface area contributed by atoms with E-state index in [1.807, 2.05) is 12.4 Å². The third-order valence-electron chi connectivity index (χ3n) is 2.42. The molecule has 92 valence electrons. The van der Waals surface area contributed by atoms with Crippen LogP contribution in [-0.4, -0.2) is 29.3 Å². The summed E-state index contributed by atoms with van der Waals surface area (Å²) in [5.41, 5.74) is 0. The molecule has 0 saturated carbocycles. The molecule has 1 aromatic heterocycles. The fraction of sp³-hybridized carbons (Fsp3) is 0.750. The molecule has 0 bridgehead atoms. The molecule has 1 rings (SSSR count). The number of rotatable bonds is 9. The summed E-state index contributed by atoms with van der Waals surface area (Å²) in [7, 11) is 0. The number of imidazole rings is 1. The molecule has 0 unspecified atom stereocenters. The van der Waals surface area contributed by atoms with Crippen molar-refractivity contribution in [1.82, 2.24) is 14.9 Å². The highest BCUT2D eigenvalue weighted by Gasteiger charge is 1.99. The summed E-state index contributed by atoms with van der Waals surface area (Å²) < 4.78 is 7.56. The molecule has 0 amide bonds. The first-order valence-corrected chi connectivity index (χ1v) is 6.17. The minimum Gasteiger partial charge on any atom is -0.381 e. The normalized spacial score (nSPS) is 10.9. The second-order valence-corrected chi connectivity index (χ2v) is 3.77. The van der Waals surface area contributed by atoms with Gasteiger partial charge in [-0.2, -0.15) is 0 Å². The van der Waals surface area contributed by atoms with Crippen molar-refractivity contribution in [2.75, 3.05) is 19.8 Å². The molecule has 1 heterocycles. The molecule has 4 nitrogen and oxygen atoms in total. The van der Waals surface area contributed by atoms with Crippen molar-refractivity contribution in [2.45, 2.75) is 39.8 Å². The Morgan fingerprint density at radius 1 is 1.38 bits per heavy atom. The molecule has 16 heavy (non-hydrogen) atoms. The molecule has 4 heteroatoms. The SMILES string of the molecule is CCCOCCCNCc1nccn1CC. The van der Waals surface area contributed by atoms with Crippen LogP contribution in [0.2, 0.25) is 0 Å². The van der Waals surface area contributed by atoms with Crippen molar-refractivity contribution in [3.05, 3.63) is 18.2 Å². The first kappa shape index (κ1) is 13.2. The molecule has 0 radical (unpaired) electrons. The van der Waals surface area contributed by atoms with Gasteiger partial charge in [0.1, 0.15) is 5.82 Å². The van der Waals surface area contributed by atoms with Crippen LogP contribution in [0.25, 0.3) is 0 Å². The molecule has 1 aromatic rings. The van der Waals surface area contributed by atoms with E-state index in [9.17, 15) is 0 Å². The minimum atomic E-state index is 0.842. The predicted octanol–water partition coefficient (Wildman–Crippen LogP) is 1.81. The molecule has 0 aliphatic rings. The first-order chi connectivity index (χ1) is 7.88. The summed E-state index contributed by atoms with van der Waals surface area (Å²) in [6, 6.07) is 0. The summed E-state index contributed by atoms with van der Waals surface area (Å²) in [4.78, 5) is 4.30. The van der Waals surface area contributed by atoms with Gasteiger partial charge in [-0.05, 0) is 26.3 Å². The van der Waals surface area contributed by atoms with Gasteiger partial charge in [0, 0.05) is 32.2 Å². The lowest BCUT2D eigenvalue weighted by molar-refractivity contribution is 0.132. The Labute approximate surface area is 98.0 Å². The molecule has 0 aliphatic carbocycles. The van der Waals surface area contributed by atoms with E-state index < -0.39 is 0 Å². The molecule has 0 aliphatic heterocycles. The fourth-order valence-corrected chi connectivity index (χ4v) is 1.54. The Kier molecular flexibility index (Phi) is 6.85. The van der Waals surface area contributed by atoms with Crippen LogP contribution in [-0.2, 0) is 17.8 Å². The number of nitrogens with zero attached hydrogens (tertiary/aromatic N) is 2. The monoisotopic (exact) mass is 225 g/mol. The number of hydrogen-bond acceptors (Lipinski definition) is 3. The standard InChI is InChI=1S/C12H23N3O/c1-3-9-16-10-5-6-13-11-12-14-7-8-15(12)4-2/h7-8,13H,3-6,9-11H2,1-2H3. The lowest BCUT2D eigenvalue weighted by Crippen LogP contribution is -2.19. The van der Waals surface area contributed by atoms with E-state index in [1.54, 1.807) is 0 Å². The van der Waals surface area contributed by atoms with Crippen molar-refractivity contribution >= 4 is 0 Å². The Balaban J connectivity index is 2.03. The van der Waals surface area contributed by atoms with Gasteiger partial charge >= 0.3 is 0 Å². The maximum absolute atomic E-state index is 5.40. The third-order valence-corrected chi connectivity index (χ3v) is 2.42. The van der Waals surface area contributed by atoms with Gasteiger partial charge in [0.25, 0.3) is 0 Å². The molecule has 0 atom stereocenters. The zero-order chi connectivity index (χ0) is 11.6. The van der Waals surface area contributed by atoms with Crippen LogP contribution in [0.1, 0.15) is 32.5 Å². The summed E-state index contributed by atoms with van der Waals surface area (Å²) >= 11 is 0. The van der Waals surface area contributed by atoms with Crippen LogP contribution in [0.4, 0.5) is 0 Å². The molecular formula is C12H23N3O. The highest BCUT2D eigenvalue weighted by atomic mass is 16.5. The Hall–Kier alpha value is -0.870. The van der Waals surface area contributed by atoms with E-state index in [0.717, 1.165) is 51.5 Å². The van der Waals surface area contributed by atoms with Gasteiger partial charge < -0.3 is 14.6 Å². The lowest BCUT2D eigenvalue weighted by atomic mass is 10.4. The van der Waals surface area contributed by atoms with E-state index in [2.05, 4.69) is 28.7 Å². The van der Waals surface area contributed by atoms with Crippen LogP contribution in [0, 0.1) is 0 Å². The smallest absolute Gasteiger partial charge is 0.122 e. The van der Waals surface area contributed by atoms with Gasteiger partial charge in [0.15, 0.2) is 0 Å². The van der Waals surface area contributed by atoms with Gasteiger partial charge in [-0.3, -0.25) is 0 Å². The second-order valence-electron chi connectivity index (χ2n) is 3.77. The Bertz CT molecular complexity index is 273. The molecule has 0 saturated heterocycles. The molecular weight excluding hydrogens is 202 g/mol. The molecule has 0 spiro atoms. The number of ether oxygens (including phenoxy) is 1. The lowest BCUT2D eigenvalue weighted by Gasteiger charge is -2.06. The minimum absolute atomic E-state index is 0.842. The van der Waals surface area contributed by atoms with E-state index in [4.69, 9.17) is 4.74 Å². The topological polar surface area (TPSA) is 39.1 Å². The number of aromatic nitrogens is 2. The zero-order valence-corrected chi connectivity index (χ0v) is 10.4. The maximum atomic E-state index is 5.40. The van der Waals surface area contributed by atoms with Crippen molar-refractivity contribution in [3.8, 4) is 0 Å². The van der Waals surface area contributed by atoms with Crippen LogP contribution in [0.3, 0.4) is 0 Å². The van der Waals surface area contributed by atoms with Crippen molar-refractivity contribution in [2.24, 2.45) is 0 Å². The second kappa shape index (κ2) is 8.30. The summed E-state index contributed by atoms with van der Waals surface area (Å²) in [6.45, 7) is 8.79. The van der Waals surface area contributed by atoms with Crippen LogP contribution in [0.15, 0.2) is 12.4 Å². The maximum Gasteiger partial charge on any atom is 0.122 e. The van der Waals surface area contributed by atoms with Gasteiger partial charge in [0.2, 0.25) is 0 Å². The largest absolute Gasteiger partial charge is 0.381 e. The van der Waals surface area contributed by atoms with E-state index >= 15 is 0 Å². The summed E-state index contributed by atoms with van der Waals surface area (Å²) in [5.74, 6) is 1.11. The number of nitrogens with one attached hydrogen (secondary N) is 1. The van der Waals surface area contributed by atoms with Gasteiger partial charge in [-0.25, -0.2) is 4.98 Å². The van der Waals surface area contributed by atoms with Gasteiger partial charge in [-0.15, -0.1) is 0 Å². The first-order valence-electron chi connectivity index (χ1n) is 6.17. The van der Waals surface area contributed by atoms with E-state index in [1.165, 1.54) is 0 Å². The van der Waals surface area contributed by atoms with Gasteiger partial charge in [0.05, 0.1) is 6.54 Å². The van der Waals surface area contributed by atoms with Crippen molar-refractivity contribution in [1.29, 1.82) is 0 Å². The average Bonchev–Trinajstić information content (AvgIpc) is 2.75. The number of hydrogen-bond donors (Lipinski definition) is 1. The highest BCUT2D eigenvalue weighted by molar-refractivity contribution is 4.91. The van der Waals surface area contributed by atoms with Crippen LogP contribution >= 0.6 is 0 Å². The summed E-state index contributed by atoms with van der Waals surface area (Å²) in [6.07, 6.45) is 6.03. The average molecular weight is 225 g/mol. The Morgan fingerprint density at radius 3 is 3.00 bits per heavy atom. The van der Waals surface area contributed by atoms with E-state index in [-0.39, 0.29) is 0 Å². The van der Waals surface area contributed by atoms with Gasteiger partial charge in [-0.1, -0.05) is 6.92 Å². The number of aryl methyl sites for hydroxylation is 1. The Morgan fingerprint density at radius 2 is 2.25 bits per heavy atom. The third kappa shape index (κ3) is 4.77. The predicted molar refractivity (Wildman–Crippen MR) is 65.3 cm³/mol. The molecule has 0 aromatic carbocycles. The molecule has 1 N–H and O–H groups in total. The molecule has 0 fully saturated rings. The van der Waals surface area contributed by atoms with Crippen molar-refractivity contribution < 1.29 is 4.74 Å². The van der Waals surface area contributed by atoms with E-state index in [0.29, 0.717) is 0 Å². The highest BCUT2D eigenvalue weighted by Crippen LogP contribution is 1.96. The summed E-state index contributed by atoms with van der Waals surface area (Å²) in [5, 5.41) is 3.38.